The molecule has 9 heteroatoms. The van der Waals surface area contributed by atoms with E-state index in [1.54, 1.807) is 84.6 Å². The molecule has 0 saturated heterocycles. The molecule has 3 aromatic carbocycles. The van der Waals surface area contributed by atoms with E-state index in [-0.39, 0.29) is 6.61 Å². The summed E-state index contributed by atoms with van der Waals surface area (Å²) < 4.78 is 31.3. The van der Waals surface area contributed by atoms with Gasteiger partial charge in [0.15, 0.2) is 5.78 Å². The van der Waals surface area contributed by atoms with Gasteiger partial charge < -0.3 is 24.8 Å². The molecule has 1 amide bonds. The molecule has 0 aliphatic rings. The Hall–Kier alpha value is -3.09. The lowest BCUT2D eigenvalue weighted by atomic mass is 10.2. The molecule has 0 spiro atoms. The maximum absolute atomic E-state index is 14.3. The first-order chi connectivity index (χ1) is 15.5. The van der Waals surface area contributed by atoms with E-state index in [2.05, 4.69) is 5.32 Å². The Balaban J connectivity index is 1.99. The van der Waals surface area contributed by atoms with Crippen LogP contribution < -0.4 is 20.1 Å². The Morgan fingerprint density at radius 1 is 0.938 bits per heavy atom. The van der Waals surface area contributed by atoms with Crippen molar-refractivity contribution in [2.75, 3.05) is 24.3 Å². The molecule has 0 aliphatic heterocycles. The molecule has 168 valence electrons. The summed E-state index contributed by atoms with van der Waals surface area (Å²) in [4.78, 5) is 12.5. The topological polar surface area (TPSA) is 99.9 Å². The van der Waals surface area contributed by atoms with E-state index in [9.17, 15) is 9.36 Å². The van der Waals surface area contributed by atoms with Gasteiger partial charge in [0.2, 0.25) is 0 Å². The van der Waals surface area contributed by atoms with Crippen molar-refractivity contribution < 1.29 is 23.1 Å². The van der Waals surface area contributed by atoms with Crippen molar-refractivity contribution in [2.24, 2.45) is 0 Å². The van der Waals surface area contributed by atoms with Gasteiger partial charge in [0.25, 0.3) is 0 Å². The molecule has 0 fully saturated rings. The minimum atomic E-state index is -4.06. The van der Waals surface area contributed by atoms with E-state index < -0.39 is 19.5 Å². The fraction of sp³-hybridized carbons (Fsp3) is 0.174. The van der Waals surface area contributed by atoms with Gasteiger partial charge in [-0.25, -0.2) is 9.36 Å². The van der Waals surface area contributed by atoms with Crippen LogP contribution in [0.4, 0.5) is 10.5 Å². The molecule has 0 radical (unpaired) electrons. The average molecular weight is 473 g/mol. The second-order valence-corrected chi connectivity index (χ2v) is 9.64. The third-order valence-corrected chi connectivity index (χ3v) is 6.86. The summed E-state index contributed by atoms with van der Waals surface area (Å²) in [5, 5.41) is 2.67. The molecule has 0 heterocycles. The number of amides is 1. The Bertz CT molecular complexity index is 990. The third kappa shape index (κ3) is 6.70. The first-order valence-corrected chi connectivity index (χ1v) is 12.9. The van der Waals surface area contributed by atoms with Crippen LogP contribution in [-0.4, -0.2) is 24.7 Å². The van der Waals surface area contributed by atoms with Gasteiger partial charge in [0, 0.05) is 11.4 Å². The number of hydrogen-bond donors (Lipinski definition) is 2. The highest BCUT2D eigenvalue weighted by Crippen LogP contribution is 2.59. The van der Waals surface area contributed by atoms with Gasteiger partial charge in [0.1, 0.15) is 18.1 Å². The van der Waals surface area contributed by atoms with E-state index in [4.69, 9.17) is 19.5 Å². The highest BCUT2D eigenvalue weighted by Gasteiger charge is 2.42. The predicted molar refractivity (Wildman–Crippen MR) is 128 cm³/mol. The lowest BCUT2D eigenvalue weighted by molar-refractivity contribution is 0.150. The largest absolute Gasteiger partial charge is 0.457 e. The van der Waals surface area contributed by atoms with Crippen LogP contribution in [0.3, 0.4) is 0 Å². The van der Waals surface area contributed by atoms with Crippen LogP contribution in [0.25, 0.3) is 0 Å². The summed E-state index contributed by atoms with van der Waals surface area (Å²) in [6.07, 6.45) is 1.18. The number of ether oxygens (including phenoxy) is 1. The molecule has 7 nitrogen and oxygen atoms in total. The number of para-hydroxylation sites is 2. The van der Waals surface area contributed by atoms with E-state index >= 15 is 0 Å². The highest BCUT2D eigenvalue weighted by molar-refractivity contribution is 7.98. The monoisotopic (exact) mass is 472 g/mol. The number of hydrogen-bond acceptors (Lipinski definition) is 7. The molecular weight excluding hydrogens is 447 g/mol. The lowest BCUT2D eigenvalue weighted by Gasteiger charge is -2.28. The maximum atomic E-state index is 14.3. The van der Waals surface area contributed by atoms with Gasteiger partial charge in [-0.1, -0.05) is 48.5 Å². The van der Waals surface area contributed by atoms with Crippen LogP contribution in [0.1, 0.15) is 11.3 Å². The SMILES string of the molecule is CSCCOC(=O)NC(c1ccc(N)cc1)P(=O)(Oc1ccccc1)Oc1ccccc1. The molecule has 0 saturated carbocycles. The number of alkyl carbamates (subject to hydrolysis) is 1. The Kier molecular flexibility index (Phi) is 8.48. The summed E-state index contributed by atoms with van der Waals surface area (Å²) in [5.41, 5.74) is 6.84. The summed E-state index contributed by atoms with van der Waals surface area (Å²) in [6, 6.07) is 23.9. The summed E-state index contributed by atoms with van der Waals surface area (Å²) >= 11 is 1.55. The van der Waals surface area contributed by atoms with E-state index in [0.29, 0.717) is 28.5 Å². The zero-order chi connectivity index (χ0) is 22.8. The summed E-state index contributed by atoms with van der Waals surface area (Å²) in [7, 11) is -4.06. The first-order valence-electron chi connectivity index (χ1n) is 9.87. The van der Waals surface area contributed by atoms with Gasteiger partial charge in [-0.15, -0.1) is 0 Å². The standard InChI is InChI=1S/C23H25N2O5PS/c1-32-17-16-28-23(26)25-22(18-12-14-19(24)15-13-18)31(27,29-20-8-4-2-5-9-20)30-21-10-6-3-7-11-21/h2-15,22H,16-17,24H2,1H3,(H,25,26). The molecule has 32 heavy (non-hydrogen) atoms. The first kappa shape index (κ1) is 23.6. The average Bonchev–Trinajstić information content (AvgIpc) is 2.79. The molecule has 3 aromatic rings. The fourth-order valence-corrected chi connectivity index (χ4v) is 4.90. The van der Waals surface area contributed by atoms with Gasteiger partial charge >= 0.3 is 13.7 Å². The van der Waals surface area contributed by atoms with Crippen molar-refractivity contribution >= 4 is 31.1 Å². The van der Waals surface area contributed by atoms with Crippen LogP contribution in [-0.2, 0) is 9.30 Å². The number of anilines is 1. The predicted octanol–water partition coefficient (Wildman–Crippen LogP) is 5.71. The van der Waals surface area contributed by atoms with Gasteiger partial charge in [-0.2, -0.15) is 11.8 Å². The van der Waals surface area contributed by atoms with Gasteiger partial charge in [-0.05, 0) is 48.2 Å². The van der Waals surface area contributed by atoms with E-state index in [0.717, 1.165) is 0 Å². The number of benzene rings is 3. The molecular formula is C23H25N2O5PS. The van der Waals surface area contributed by atoms with Crippen molar-refractivity contribution in [3.8, 4) is 11.5 Å². The lowest BCUT2D eigenvalue weighted by Crippen LogP contribution is -2.32. The van der Waals surface area contributed by atoms with Gasteiger partial charge in [-0.3, -0.25) is 0 Å². The van der Waals surface area contributed by atoms with E-state index in [1.165, 1.54) is 0 Å². The Morgan fingerprint density at radius 2 is 1.47 bits per heavy atom. The third-order valence-electron chi connectivity index (χ3n) is 4.30. The van der Waals surface area contributed by atoms with Crippen molar-refractivity contribution in [1.29, 1.82) is 0 Å². The Labute approximate surface area is 191 Å². The van der Waals surface area contributed by atoms with Crippen LogP contribution >= 0.6 is 19.4 Å². The normalized spacial score (nSPS) is 11.9. The number of thioether (sulfide) groups is 1. The number of rotatable bonds is 10. The van der Waals surface area contributed by atoms with Crippen LogP contribution in [0.2, 0.25) is 0 Å². The smallest absolute Gasteiger partial charge is 0.449 e. The van der Waals surface area contributed by atoms with E-state index in [1.807, 2.05) is 18.4 Å². The molecule has 3 N–H and O–H groups in total. The molecule has 1 atom stereocenters. The van der Waals surface area contributed by atoms with Gasteiger partial charge in [0.05, 0.1) is 0 Å². The number of nitrogen functional groups attached to an aromatic ring is 1. The Morgan fingerprint density at radius 3 is 1.97 bits per heavy atom. The number of nitrogens with two attached hydrogens (primary N) is 1. The van der Waals surface area contributed by atoms with Crippen molar-refractivity contribution in [3.05, 3.63) is 90.5 Å². The van der Waals surface area contributed by atoms with Crippen molar-refractivity contribution in [1.82, 2.24) is 5.32 Å². The quantitative estimate of drug-likeness (QED) is 0.222. The minimum absolute atomic E-state index is 0.213. The highest BCUT2D eigenvalue weighted by atomic mass is 32.2. The van der Waals surface area contributed by atoms with Crippen molar-refractivity contribution in [3.63, 3.8) is 0 Å². The summed E-state index contributed by atoms with van der Waals surface area (Å²) in [6.45, 7) is 0.213. The fourth-order valence-electron chi connectivity index (χ4n) is 2.77. The minimum Gasteiger partial charge on any atom is -0.449 e. The molecule has 0 aromatic heterocycles. The maximum Gasteiger partial charge on any atom is 0.457 e. The molecule has 0 bridgehead atoms. The molecule has 1 unspecified atom stereocenters. The number of carbonyl (C=O) groups excluding carboxylic acids is 1. The zero-order valence-electron chi connectivity index (χ0n) is 17.5. The summed E-state index contributed by atoms with van der Waals surface area (Å²) in [5.74, 6) is 0.165. The molecule has 3 rings (SSSR count). The zero-order valence-corrected chi connectivity index (χ0v) is 19.3. The van der Waals surface area contributed by atoms with Crippen LogP contribution in [0.15, 0.2) is 84.9 Å². The second-order valence-electron chi connectivity index (χ2n) is 6.69. The number of carbonyl (C=O) groups is 1. The van der Waals surface area contributed by atoms with Crippen LogP contribution in [0, 0.1) is 0 Å². The van der Waals surface area contributed by atoms with Crippen LogP contribution in [0.5, 0.6) is 11.5 Å². The van der Waals surface area contributed by atoms with Crippen molar-refractivity contribution in [2.45, 2.75) is 5.78 Å². The second kappa shape index (κ2) is 11.5. The number of nitrogens with one attached hydrogen (secondary N) is 1. The molecule has 0 aliphatic carbocycles.